The van der Waals surface area contributed by atoms with Gasteiger partial charge < -0.3 is 10.5 Å². The molecule has 2 heterocycles. The fourth-order valence-electron chi connectivity index (χ4n) is 4.47. The number of esters is 1. The van der Waals surface area contributed by atoms with Gasteiger partial charge in [-0.15, -0.1) is 0 Å². The molecular formula is C29H22Br2N2O5S2. The number of fused-ring (bicyclic) bond motifs is 1. The second kappa shape index (κ2) is 11.4. The molecule has 2 N–H and O–H groups in total. The van der Waals surface area contributed by atoms with Gasteiger partial charge in [0.1, 0.15) is 10.2 Å². The van der Waals surface area contributed by atoms with Gasteiger partial charge in [0.15, 0.2) is 5.03 Å². The summed E-state index contributed by atoms with van der Waals surface area (Å²) in [5, 5.41) is -0.988. The summed E-state index contributed by atoms with van der Waals surface area (Å²) in [5.41, 5.74) is 7.76. The van der Waals surface area contributed by atoms with Gasteiger partial charge in [0.2, 0.25) is 15.7 Å². The molecule has 1 aliphatic rings. The van der Waals surface area contributed by atoms with Crippen LogP contribution in [0.2, 0.25) is 0 Å². The van der Waals surface area contributed by atoms with Crippen molar-refractivity contribution in [3.8, 4) is 0 Å². The number of anilines is 1. The van der Waals surface area contributed by atoms with Gasteiger partial charge in [-0.3, -0.25) is 9.36 Å². The lowest BCUT2D eigenvalue weighted by Crippen LogP contribution is -2.42. The number of aromatic nitrogens is 1. The summed E-state index contributed by atoms with van der Waals surface area (Å²) in [6, 6.07) is 22.1. The Morgan fingerprint density at radius 3 is 2.35 bits per heavy atom. The molecule has 0 saturated carbocycles. The van der Waals surface area contributed by atoms with Crippen molar-refractivity contribution < 1.29 is 22.7 Å². The topological polar surface area (TPSA) is 108 Å². The van der Waals surface area contributed by atoms with E-state index in [0.717, 1.165) is 25.3 Å². The number of nitrogen functional groups attached to an aromatic ring is 1. The molecule has 0 fully saturated rings. The van der Waals surface area contributed by atoms with Crippen molar-refractivity contribution in [3.05, 3.63) is 110 Å². The lowest BCUT2D eigenvalue weighted by molar-refractivity contribution is -0.135. The fraction of sp³-hybridized carbons (Fsp3) is 0.103. The summed E-state index contributed by atoms with van der Waals surface area (Å²) in [4.78, 5) is 27.7. The molecule has 1 aliphatic heterocycles. The number of hydrogen-bond acceptors (Lipinski definition) is 7. The summed E-state index contributed by atoms with van der Waals surface area (Å²) >= 11 is 7.90. The van der Waals surface area contributed by atoms with Gasteiger partial charge in [0.05, 0.1) is 22.5 Å². The van der Waals surface area contributed by atoms with Crippen molar-refractivity contribution >= 4 is 82.0 Å². The quantitative estimate of drug-likeness (QED) is 0.280. The van der Waals surface area contributed by atoms with E-state index in [-0.39, 0.29) is 37.7 Å². The second-order valence-electron chi connectivity index (χ2n) is 8.77. The van der Waals surface area contributed by atoms with Crippen LogP contribution < -0.4 is 16.3 Å². The lowest BCUT2D eigenvalue weighted by Gasteiger charge is -2.24. The maximum atomic E-state index is 14.2. The van der Waals surface area contributed by atoms with E-state index in [9.17, 15) is 18.0 Å². The summed E-state index contributed by atoms with van der Waals surface area (Å²) in [6.07, 6.45) is 1.67. The molecule has 5 rings (SSSR count). The molecule has 204 valence electrons. The molecule has 0 aliphatic carbocycles. The number of benzene rings is 3. The van der Waals surface area contributed by atoms with Crippen LogP contribution in [0.3, 0.4) is 0 Å². The Bertz CT molecular complexity index is 1890. The third-order valence-electron chi connectivity index (χ3n) is 6.18. The zero-order valence-electron chi connectivity index (χ0n) is 21.0. The normalized spacial score (nSPS) is 15.7. The minimum absolute atomic E-state index is 0.0290. The van der Waals surface area contributed by atoms with E-state index in [1.165, 1.54) is 12.1 Å². The monoisotopic (exact) mass is 700 g/mol. The van der Waals surface area contributed by atoms with Gasteiger partial charge in [-0.1, -0.05) is 86.1 Å². The van der Waals surface area contributed by atoms with Crippen molar-refractivity contribution in [2.24, 2.45) is 0 Å². The van der Waals surface area contributed by atoms with Crippen LogP contribution in [0.5, 0.6) is 0 Å². The van der Waals surface area contributed by atoms with E-state index in [1.54, 1.807) is 49.4 Å². The van der Waals surface area contributed by atoms with E-state index in [1.807, 2.05) is 30.3 Å². The van der Waals surface area contributed by atoms with Crippen LogP contribution in [0.25, 0.3) is 11.0 Å². The minimum atomic E-state index is -4.29. The number of rotatable bonds is 6. The lowest BCUT2D eigenvalue weighted by atomic mass is 10.1. The van der Waals surface area contributed by atoms with Gasteiger partial charge in [-0.2, -0.15) is 0 Å². The Morgan fingerprint density at radius 1 is 1.02 bits per heavy atom. The molecule has 0 saturated heterocycles. The van der Waals surface area contributed by atoms with Crippen molar-refractivity contribution in [2.75, 3.05) is 12.3 Å². The minimum Gasteiger partial charge on any atom is -0.462 e. The van der Waals surface area contributed by atoms with E-state index in [4.69, 9.17) is 10.5 Å². The Labute approximate surface area is 251 Å². The second-order valence-corrected chi connectivity index (χ2v) is 13.6. The molecule has 7 nitrogen and oxygen atoms in total. The highest BCUT2D eigenvalue weighted by molar-refractivity contribution is 9.10. The molecule has 0 radical (unpaired) electrons. The predicted molar refractivity (Wildman–Crippen MR) is 163 cm³/mol. The third-order valence-corrected chi connectivity index (χ3v) is 10.3. The number of thioether (sulfide) groups is 1. The summed E-state index contributed by atoms with van der Waals surface area (Å²) < 4.78 is 36.1. The molecule has 40 heavy (non-hydrogen) atoms. The van der Waals surface area contributed by atoms with Gasteiger partial charge >= 0.3 is 5.97 Å². The molecule has 1 aromatic heterocycles. The molecular weight excluding hydrogens is 680 g/mol. The van der Waals surface area contributed by atoms with Crippen molar-refractivity contribution in [3.63, 3.8) is 0 Å². The SMILES string of the molecule is CCOC(=O)C1=c2/c(=C/c3cccc(Br)c3)c(N)c(S(=O)(=O)c3ccccc3)n2C(=O)[C@H](c2cccc(Br)c2)S1. The summed E-state index contributed by atoms with van der Waals surface area (Å²) in [5.74, 6) is -1.22. The zero-order valence-corrected chi connectivity index (χ0v) is 25.8. The largest absolute Gasteiger partial charge is 0.462 e. The van der Waals surface area contributed by atoms with Crippen molar-refractivity contribution in [1.29, 1.82) is 0 Å². The molecule has 0 unspecified atom stereocenters. The van der Waals surface area contributed by atoms with Crippen LogP contribution in [0.1, 0.15) is 28.1 Å². The van der Waals surface area contributed by atoms with Crippen molar-refractivity contribution in [2.45, 2.75) is 22.1 Å². The van der Waals surface area contributed by atoms with Crippen molar-refractivity contribution in [1.82, 2.24) is 4.57 Å². The smallest absolute Gasteiger partial charge is 0.346 e. The molecule has 4 aromatic rings. The van der Waals surface area contributed by atoms with Gasteiger partial charge in [-0.05, 0) is 60.5 Å². The van der Waals surface area contributed by atoms with E-state index in [2.05, 4.69) is 31.9 Å². The molecule has 1 atom stereocenters. The number of carbonyl (C=O) groups excluding carboxylic acids is 2. The first-order valence-corrected chi connectivity index (χ1v) is 16.0. The van der Waals surface area contributed by atoms with E-state index in [0.29, 0.717) is 11.1 Å². The Balaban J connectivity index is 1.94. The van der Waals surface area contributed by atoms with Gasteiger partial charge in [0, 0.05) is 14.2 Å². The number of halogens is 2. The maximum absolute atomic E-state index is 14.2. The average molecular weight is 702 g/mol. The van der Waals surface area contributed by atoms with Gasteiger partial charge in [0.25, 0.3) is 0 Å². The van der Waals surface area contributed by atoms with Crippen LogP contribution >= 0.6 is 43.6 Å². The molecule has 0 amide bonds. The number of carbonyl (C=O) groups is 2. The van der Waals surface area contributed by atoms with E-state index < -0.39 is 27.0 Å². The first-order chi connectivity index (χ1) is 19.1. The van der Waals surface area contributed by atoms with E-state index >= 15 is 0 Å². The molecule has 11 heteroatoms. The molecule has 0 spiro atoms. The highest BCUT2D eigenvalue weighted by Crippen LogP contribution is 2.41. The van der Waals surface area contributed by atoms with Crippen LogP contribution in [-0.4, -0.2) is 31.5 Å². The Morgan fingerprint density at radius 2 is 1.70 bits per heavy atom. The number of sulfone groups is 1. The Hall–Kier alpha value is -3.12. The maximum Gasteiger partial charge on any atom is 0.346 e. The van der Waals surface area contributed by atoms with Gasteiger partial charge in [-0.25, -0.2) is 13.2 Å². The number of nitrogens with zero attached hydrogens (tertiary/aromatic N) is 1. The highest BCUT2D eigenvalue weighted by Gasteiger charge is 2.40. The zero-order chi connectivity index (χ0) is 28.6. The number of hydrogen-bond donors (Lipinski definition) is 1. The standard InChI is InChI=1S/C29H22Br2N2O5S2/c1-2-38-29(35)26-24-22(15-17-8-6-10-19(30)14-17)23(32)28(40(36,37)21-12-4-3-5-13-21)33(24)27(34)25(39-26)18-9-7-11-20(31)16-18/h3-16,25H,2,32H2,1H3/b22-15+/t25-/m0/s1. The first kappa shape index (κ1) is 28.4. The summed E-state index contributed by atoms with van der Waals surface area (Å²) in [7, 11) is -4.29. The predicted octanol–water partition coefficient (Wildman–Crippen LogP) is 5.06. The third kappa shape index (κ3) is 5.18. The number of nitrogens with two attached hydrogens (primary N) is 1. The van der Waals surface area contributed by atoms with Crippen LogP contribution in [0.4, 0.5) is 5.69 Å². The fourth-order valence-corrected chi connectivity index (χ4v) is 8.05. The molecule has 3 aromatic carbocycles. The summed E-state index contributed by atoms with van der Waals surface area (Å²) in [6.45, 7) is 1.77. The first-order valence-electron chi connectivity index (χ1n) is 12.1. The van der Waals surface area contributed by atoms with Crippen LogP contribution in [0.15, 0.2) is 97.7 Å². The highest BCUT2D eigenvalue weighted by atomic mass is 79.9. The number of ether oxygens (including phenoxy) is 1. The Kier molecular flexibility index (Phi) is 8.10. The molecule has 0 bridgehead atoms. The van der Waals surface area contributed by atoms with Crippen LogP contribution in [0, 0.1) is 0 Å². The average Bonchev–Trinajstić information content (AvgIpc) is 3.22. The van der Waals surface area contributed by atoms with Crippen LogP contribution in [-0.2, 0) is 19.4 Å².